The van der Waals surface area contributed by atoms with E-state index in [4.69, 9.17) is 4.74 Å². The number of aliphatic hydroxyl groups excluding tert-OH is 1. The molecule has 1 N–H and O–H groups in total. The second-order valence-electron chi connectivity index (χ2n) is 2.50. The molecular weight excluding hydrogens is 174 g/mol. The van der Waals surface area contributed by atoms with E-state index in [-0.39, 0.29) is 0 Å². The molecule has 68 valence electrons. The van der Waals surface area contributed by atoms with Crippen LogP contribution in [0.15, 0.2) is 5.38 Å². The molecule has 1 aromatic rings. The molecule has 0 saturated heterocycles. The maximum absolute atomic E-state index is 9.49. The molecule has 4 heteroatoms. The van der Waals surface area contributed by atoms with Gasteiger partial charge in [0.1, 0.15) is 11.1 Å². The first-order chi connectivity index (χ1) is 5.74. The van der Waals surface area contributed by atoms with Crippen molar-refractivity contribution in [1.29, 1.82) is 0 Å². The van der Waals surface area contributed by atoms with E-state index in [0.29, 0.717) is 13.2 Å². The van der Waals surface area contributed by atoms with Crippen LogP contribution in [0.1, 0.15) is 23.7 Å². The Bertz CT molecular complexity index is 237. The molecule has 0 spiro atoms. The van der Waals surface area contributed by atoms with E-state index < -0.39 is 6.10 Å². The van der Waals surface area contributed by atoms with Crippen molar-refractivity contribution in [2.24, 2.45) is 0 Å². The summed E-state index contributed by atoms with van der Waals surface area (Å²) in [5.74, 6) is 0. The van der Waals surface area contributed by atoms with Gasteiger partial charge in [0.15, 0.2) is 0 Å². The summed E-state index contributed by atoms with van der Waals surface area (Å²) in [4.78, 5) is 4.15. The second-order valence-corrected chi connectivity index (χ2v) is 3.39. The molecule has 0 bridgehead atoms. The third kappa shape index (κ3) is 2.55. The maximum atomic E-state index is 9.49. The molecule has 1 rings (SSSR count). The van der Waals surface area contributed by atoms with Crippen molar-refractivity contribution in [2.75, 3.05) is 13.2 Å². The molecule has 0 aliphatic heterocycles. The van der Waals surface area contributed by atoms with Crippen molar-refractivity contribution in [3.05, 3.63) is 16.1 Å². The minimum Gasteiger partial charge on any atom is -0.383 e. The van der Waals surface area contributed by atoms with Crippen LogP contribution in [0, 0.1) is 6.92 Å². The van der Waals surface area contributed by atoms with E-state index in [1.165, 1.54) is 11.3 Å². The first kappa shape index (κ1) is 9.64. The zero-order chi connectivity index (χ0) is 8.97. The molecule has 0 amide bonds. The summed E-state index contributed by atoms with van der Waals surface area (Å²) in [6.45, 7) is 4.78. The summed E-state index contributed by atoms with van der Waals surface area (Å²) in [5, 5.41) is 12.1. The second kappa shape index (κ2) is 4.54. The van der Waals surface area contributed by atoms with E-state index in [2.05, 4.69) is 4.98 Å². The SMILES string of the molecule is CCOCC(O)c1nc(C)cs1. The molecule has 12 heavy (non-hydrogen) atoms. The Balaban J connectivity index is 2.47. The Morgan fingerprint density at radius 3 is 3.00 bits per heavy atom. The van der Waals surface area contributed by atoms with Crippen LogP contribution in [-0.2, 0) is 4.74 Å². The van der Waals surface area contributed by atoms with Crippen LogP contribution >= 0.6 is 11.3 Å². The number of aromatic nitrogens is 1. The largest absolute Gasteiger partial charge is 0.383 e. The normalized spacial score (nSPS) is 13.2. The Kier molecular flexibility index (Phi) is 3.65. The van der Waals surface area contributed by atoms with Crippen molar-refractivity contribution < 1.29 is 9.84 Å². The Labute approximate surface area is 76.0 Å². The lowest BCUT2D eigenvalue weighted by atomic mass is 10.4. The van der Waals surface area contributed by atoms with Gasteiger partial charge < -0.3 is 9.84 Å². The Morgan fingerprint density at radius 2 is 2.50 bits per heavy atom. The van der Waals surface area contributed by atoms with Crippen molar-refractivity contribution >= 4 is 11.3 Å². The fourth-order valence-corrected chi connectivity index (χ4v) is 1.59. The van der Waals surface area contributed by atoms with E-state index >= 15 is 0 Å². The highest BCUT2D eigenvalue weighted by atomic mass is 32.1. The summed E-state index contributed by atoms with van der Waals surface area (Å²) in [5.41, 5.74) is 0.950. The summed E-state index contributed by atoms with van der Waals surface area (Å²) >= 11 is 1.47. The standard InChI is InChI=1S/C8H13NO2S/c1-3-11-4-7(10)8-9-6(2)5-12-8/h5,7,10H,3-4H2,1-2H3. The molecule has 0 radical (unpaired) electrons. The predicted octanol–water partition coefficient (Wildman–Crippen LogP) is 1.52. The van der Waals surface area contributed by atoms with Gasteiger partial charge in [0.2, 0.25) is 0 Å². The Hall–Kier alpha value is -0.450. The number of rotatable bonds is 4. The maximum Gasteiger partial charge on any atom is 0.129 e. The molecule has 0 aliphatic carbocycles. The summed E-state index contributed by atoms with van der Waals surface area (Å²) in [7, 11) is 0. The average Bonchev–Trinajstić information content (AvgIpc) is 2.47. The third-order valence-corrected chi connectivity index (χ3v) is 2.47. The van der Waals surface area contributed by atoms with Crippen LogP contribution < -0.4 is 0 Å². The topological polar surface area (TPSA) is 42.4 Å². The van der Waals surface area contributed by atoms with Crippen molar-refractivity contribution in [3.63, 3.8) is 0 Å². The van der Waals surface area contributed by atoms with Crippen molar-refractivity contribution in [3.8, 4) is 0 Å². The Morgan fingerprint density at radius 1 is 1.75 bits per heavy atom. The van der Waals surface area contributed by atoms with E-state index in [9.17, 15) is 5.11 Å². The molecule has 0 saturated carbocycles. The molecular formula is C8H13NO2S. The molecule has 0 aromatic carbocycles. The molecule has 1 heterocycles. The van der Waals surface area contributed by atoms with E-state index in [1.807, 2.05) is 19.2 Å². The van der Waals surface area contributed by atoms with Gasteiger partial charge in [-0.3, -0.25) is 0 Å². The van der Waals surface area contributed by atoms with Gasteiger partial charge in [-0.2, -0.15) is 0 Å². The van der Waals surface area contributed by atoms with Gasteiger partial charge >= 0.3 is 0 Å². The number of ether oxygens (including phenoxy) is 1. The highest BCUT2D eigenvalue weighted by Crippen LogP contribution is 2.17. The minimum absolute atomic E-state index is 0.337. The molecule has 0 fully saturated rings. The van der Waals surface area contributed by atoms with Gasteiger partial charge in [-0.15, -0.1) is 11.3 Å². The van der Waals surface area contributed by atoms with Crippen LogP contribution in [0.4, 0.5) is 0 Å². The summed E-state index contributed by atoms with van der Waals surface area (Å²) in [6, 6.07) is 0. The van der Waals surface area contributed by atoms with Gasteiger partial charge in [0, 0.05) is 17.7 Å². The quantitative estimate of drug-likeness (QED) is 0.777. The predicted molar refractivity (Wildman–Crippen MR) is 48.3 cm³/mol. The fourth-order valence-electron chi connectivity index (χ4n) is 0.826. The molecule has 0 aliphatic rings. The van der Waals surface area contributed by atoms with Crippen LogP contribution in [0.3, 0.4) is 0 Å². The lowest BCUT2D eigenvalue weighted by molar-refractivity contribution is 0.0418. The molecule has 1 unspecified atom stereocenters. The number of aliphatic hydroxyl groups is 1. The highest BCUT2D eigenvalue weighted by Gasteiger charge is 2.10. The first-order valence-electron chi connectivity index (χ1n) is 3.92. The minimum atomic E-state index is -0.566. The molecule has 1 aromatic heterocycles. The number of aryl methyl sites for hydroxylation is 1. The molecule has 3 nitrogen and oxygen atoms in total. The fraction of sp³-hybridized carbons (Fsp3) is 0.625. The number of hydrogen-bond donors (Lipinski definition) is 1. The first-order valence-corrected chi connectivity index (χ1v) is 4.79. The van der Waals surface area contributed by atoms with Crippen LogP contribution in [0.25, 0.3) is 0 Å². The highest BCUT2D eigenvalue weighted by molar-refractivity contribution is 7.09. The van der Waals surface area contributed by atoms with E-state index in [0.717, 1.165) is 10.7 Å². The van der Waals surface area contributed by atoms with Crippen LogP contribution in [-0.4, -0.2) is 23.3 Å². The van der Waals surface area contributed by atoms with Gasteiger partial charge in [-0.25, -0.2) is 4.98 Å². The number of hydrogen-bond acceptors (Lipinski definition) is 4. The van der Waals surface area contributed by atoms with Gasteiger partial charge in [0.25, 0.3) is 0 Å². The lowest BCUT2D eigenvalue weighted by Crippen LogP contribution is -2.06. The van der Waals surface area contributed by atoms with Crippen molar-refractivity contribution in [1.82, 2.24) is 4.98 Å². The van der Waals surface area contributed by atoms with Gasteiger partial charge in [-0.05, 0) is 13.8 Å². The number of nitrogens with zero attached hydrogens (tertiary/aromatic N) is 1. The van der Waals surface area contributed by atoms with Crippen LogP contribution in [0.2, 0.25) is 0 Å². The lowest BCUT2D eigenvalue weighted by Gasteiger charge is -2.05. The third-order valence-electron chi connectivity index (χ3n) is 1.40. The molecule has 1 atom stereocenters. The van der Waals surface area contributed by atoms with Crippen LogP contribution in [0.5, 0.6) is 0 Å². The zero-order valence-corrected chi connectivity index (χ0v) is 8.10. The smallest absolute Gasteiger partial charge is 0.129 e. The summed E-state index contributed by atoms with van der Waals surface area (Å²) < 4.78 is 5.08. The van der Waals surface area contributed by atoms with Crippen molar-refractivity contribution in [2.45, 2.75) is 20.0 Å². The van der Waals surface area contributed by atoms with Gasteiger partial charge in [-0.1, -0.05) is 0 Å². The number of thiazole rings is 1. The van der Waals surface area contributed by atoms with E-state index in [1.54, 1.807) is 0 Å². The van der Waals surface area contributed by atoms with Gasteiger partial charge in [0.05, 0.1) is 6.61 Å². The average molecular weight is 187 g/mol. The monoisotopic (exact) mass is 187 g/mol. The summed E-state index contributed by atoms with van der Waals surface area (Å²) in [6.07, 6.45) is -0.566. The zero-order valence-electron chi connectivity index (χ0n) is 7.28.